The SMILES string of the molecule is CC[C@H](C)[C@@H]1NC(=O)[C@@H](NC(=O)[C@@H](CC(C)C)N(C)C(=O)[C@H]2CCCN2C(=O)[C@H](C)O)[C@@H](C)OC(=O)[C@H](Cc2ccc(O)cc2)NC(=O)[C@@H]2CCCN2C(=O)[C@H](CC(C)C)NC(=O)[C@@H](C)C(=O)[C@H](C(C)C)OC(=O)C[C@@H]1O. The molecule has 3 fully saturated rings. The Bertz CT molecular complexity index is 2270. The molecule has 77 heavy (non-hydrogen) atoms. The fraction of sp³-hybridized carbons (Fsp3) is 0.709. The summed E-state index contributed by atoms with van der Waals surface area (Å²) in [5.74, 6) is -11.2. The number of hydrogen-bond acceptors (Lipinski definition) is 15. The number of likely N-dealkylation sites (N-methyl/N-ethyl adjacent to an activating group) is 1. The van der Waals surface area contributed by atoms with Crippen LogP contribution in [-0.2, 0) is 63.8 Å². The van der Waals surface area contributed by atoms with Gasteiger partial charge in [0.05, 0.1) is 24.5 Å². The monoisotopic (exact) mass is 1080 g/mol. The molecular formula is C55H85N7O15. The lowest BCUT2D eigenvalue weighted by Gasteiger charge is -2.36. The van der Waals surface area contributed by atoms with Crippen molar-refractivity contribution in [2.24, 2.45) is 29.6 Å². The maximum Gasteiger partial charge on any atom is 0.329 e. The van der Waals surface area contributed by atoms with Gasteiger partial charge in [-0.1, -0.05) is 73.9 Å². The summed E-state index contributed by atoms with van der Waals surface area (Å²) in [7, 11) is 1.39. The molecule has 3 saturated heterocycles. The van der Waals surface area contributed by atoms with Crippen molar-refractivity contribution in [1.82, 2.24) is 36.0 Å². The average molecular weight is 1080 g/mol. The predicted molar refractivity (Wildman–Crippen MR) is 281 cm³/mol. The number of aromatic hydroxyl groups is 1. The van der Waals surface area contributed by atoms with Crippen molar-refractivity contribution in [2.45, 2.75) is 201 Å². The molecule has 4 rings (SSSR count). The average Bonchev–Trinajstić information content (AvgIpc) is 4.07. The van der Waals surface area contributed by atoms with Crippen LogP contribution in [0.2, 0.25) is 0 Å². The zero-order valence-corrected chi connectivity index (χ0v) is 46.9. The van der Waals surface area contributed by atoms with E-state index in [1.165, 1.54) is 66.8 Å². The number of ether oxygens (including phenoxy) is 2. The number of ketones is 1. The summed E-state index contributed by atoms with van der Waals surface area (Å²) in [4.78, 5) is 146. The first kappa shape index (κ1) is 63.4. The molecule has 0 unspecified atom stereocenters. The van der Waals surface area contributed by atoms with Gasteiger partial charge in [0.1, 0.15) is 54.2 Å². The van der Waals surface area contributed by atoms with E-state index in [4.69, 9.17) is 9.47 Å². The molecule has 0 bridgehead atoms. The number of amides is 7. The Morgan fingerprint density at radius 3 is 2.03 bits per heavy atom. The van der Waals surface area contributed by atoms with Crippen LogP contribution in [-0.4, -0.2) is 176 Å². The van der Waals surface area contributed by atoms with Crippen LogP contribution < -0.4 is 21.3 Å². The van der Waals surface area contributed by atoms with Crippen LogP contribution in [0.4, 0.5) is 0 Å². The molecule has 1 aromatic carbocycles. The minimum Gasteiger partial charge on any atom is -0.508 e. The third kappa shape index (κ3) is 16.9. The minimum atomic E-state index is -1.78. The molecule has 3 aliphatic rings. The number of aliphatic hydroxyl groups excluding tert-OH is 2. The highest BCUT2D eigenvalue weighted by atomic mass is 16.6. The van der Waals surface area contributed by atoms with Crippen LogP contribution in [0.25, 0.3) is 0 Å². The van der Waals surface area contributed by atoms with Crippen LogP contribution in [0.3, 0.4) is 0 Å². The molecule has 430 valence electrons. The van der Waals surface area contributed by atoms with Crippen molar-refractivity contribution in [2.75, 3.05) is 20.1 Å². The molecule has 0 radical (unpaired) electrons. The number of likely N-dealkylation sites (tertiary alicyclic amines) is 1. The fourth-order valence-electron chi connectivity index (χ4n) is 10.1. The van der Waals surface area contributed by atoms with Crippen LogP contribution in [0, 0.1) is 29.6 Å². The quantitative estimate of drug-likeness (QED) is 0.103. The number of nitrogens with one attached hydrogen (secondary N) is 4. The van der Waals surface area contributed by atoms with Gasteiger partial charge in [-0.15, -0.1) is 0 Å². The summed E-state index contributed by atoms with van der Waals surface area (Å²) >= 11 is 0. The van der Waals surface area contributed by atoms with Crippen molar-refractivity contribution < 1.29 is 72.7 Å². The zero-order valence-electron chi connectivity index (χ0n) is 46.9. The number of benzene rings is 1. The van der Waals surface area contributed by atoms with E-state index >= 15 is 0 Å². The van der Waals surface area contributed by atoms with E-state index in [1.807, 2.05) is 27.7 Å². The van der Waals surface area contributed by atoms with E-state index in [1.54, 1.807) is 27.7 Å². The van der Waals surface area contributed by atoms with E-state index in [-0.39, 0.29) is 62.8 Å². The van der Waals surface area contributed by atoms with Crippen molar-refractivity contribution in [1.29, 1.82) is 0 Å². The number of fused-ring (bicyclic) bond motifs is 1. The Morgan fingerprint density at radius 2 is 1.44 bits per heavy atom. The topological polar surface area (TPSA) is 308 Å². The maximum atomic E-state index is 14.9. The highest BCUT2D eigenvalue weighted by molar-refractivity contribution is 6.05. The van der Waals surface area contributed by atoms with Crippen molar-refractivity contribution in [3.05, 3.63) is 29.8 Å². The molecule has 0 spiro atoms. The standard InChI is InChI=1S/C55H85N7O15/c1-13-31(8)44-42(65)27-43(66)77-47(30(6)7)46(67)32(9)48(68)56-37(24-28(2)3)53(73)61-22-14-16-39(61)49(69)57-38(26-35-18-20-36(64)21-19-35)55(75)76-34(11)45(51(71)58-44)59-50(70)41(25-29(4)5)60(12)54(74)40-17-15-23-62(40)52(72)33(10)63/h18-21,28-34,37-42,44-45,47,63-65H,13-17,22-27H2,1-12H3,(H,56,68)(H,57,69)(H,58,71)(H,59,70)/t31-,32-,33-,34+,37-,38-,39-,40+,41+,42-,44-,45-,47-/m0/s1. The van der Waals surface area contributed by atoms with E-state index < -0.39 is 150 Å². The molecule has 0 aliphatic carbocycles. The highest BCUT2D eigenvalue weighted by Gasteiger charge is 2.45. The maximum absolute atomic E-state index is 14.9. The summed E-state index contributed by atoms with van der Waals surface area (Å²) in [6.45, 7) is 18.2. The van der Waals surface area contributed by atoms with Gasteiger partial charge in [-0.05, 0) is 101 Å². The predicted octanol–water partition coefficient (Wildman–Crippen LogP) is 1.67. The molecule has 13 atom stereocenters. The number of hydrogen-bond donors (Lipinski definition) is 7. The molecule has 3 heterocycles. The zero-order chi connectivity index (χ0) is 57.7. The number of carbonyl (C=O) groups excluding carboxylic acids is 10. The van der Waals surface area contributed by atoms with Gasteiger partial charge in [-0.25, -0.2) is 4.79 Å². The molecule has 22 nitrogen and oxygen atoms in total. The normalized spacial score (nSPS) is 28.0. The fourth-order valence-corrected chi connectivity index (χ4v) is 10.1. The van der Waals surface area contributed by atoms with E-state index in [9.17, 15) is 63.3 Å². The molecule has 22 heteroatoms. The van der Waals surface area contributed by atoms with E-state index in [0.29, 0.717) is 24.8 Å². The van der Waals surface area contributed by atoms with E-state index in [2.05, 4.69) is 21.3 Å². The number of carbonyl (C=O) groups is 10. The first-order chi connectivity index (χ1) is 36.1. The number of rotatable bonds is 14. The number of esters is 2. The van der Waals surface area contributed by atoms with Crippen LogP contribution in [0.1, 0.15) is 133 Å². The highest BCUT2D eigenvalue weighted by Crippen LogP contribution is 2.26. The molecule has 7 N–H and O–H groups in total. The van der Waals surface area contributed by atoms with Crippen LogP contribution in [0.15, 0.2) is 24.3 Å². The van der Waals surface area contributed by atoms with Gasteiger partial charge in [0.25, 0.3) is 5.91 Å². The van der Waals surface area contributed by atoms with Gasteiger partial charge >= 0.3 is 11.9 Å². The summed E-state index contributed by atoms with van der Waals surface area (Å²) in [5.41, 5.74) is 0.462. The second kappa shape index (κ2) is 28.5. The Balaban J connectivity index is 1.85. The van der Waals surface area contributed by atoms with Crippen molar-refractivity contribution in [3.63, 3.8) is 0 Å². The second-order valence-corrected chi connectivity index (χ2v) is 22.4. The van der Waals surface area contributed by atoms with E-state index in [0.717, 1.165) is 0 Å². The summed E-state index contributed by atoms with van der Waals surface area (Å²) in [6, 6.07) is -3.30. The number of nitrogens with zero attached hydrogens (tertiary/aromatic N) is 3. The first-order valence-electron chi connectivity index (χ1n) is 27.2. The minimum absolute atomic E-state index is 0.0620. The lowest BCUT2D eigenvalue weighted by Crippen LogP contribution is -2.62. The van der Waals surface area contributed by atoms with Crippen molar-refractivity contribution in [3.8, 4) is 5.75 Å². The number of aliphatic hydroxyl groups is 2. The summed E-state index contributed by atoms with van der Waals surface area (Å²) in [5, 5.41) is 42.9. The second-order valence-electron chi connectivity index (χ2n) is 22.4. The van der Waals surface area contributed by atoms with Gasteiger partial charge in [0.2, 0.25) is 35.4 Å². The molecular weight excluding hydrogens is 999 g/mol. The van der Waals surface area contributed by atoms with Gasteiger partial charge in [0, 0.05) is 26.6 Å². The third-order valence-corrected chi connectivity index (χ3v) is 14.8. The van der Waals surface area contributed by atoms with Gasteiger partial charge in [0.15, 0.2) is 11.9 Å². The largest absolute Gasteiger partial charge is 0.508 e. The lowest BCUT2D eigenvalue weighted by atomic mass is 9.91. The first-order valence-corrected chi connectivity index (χ1v) is 27.2. The molecule has 3 aliphatic heterocycles. The number of phenols is 1. The molecule has 0 aromatic heterocycles. The molecule has 7 amide bonds. The van der Waals surface area contributed by atoms with Crippen molar-refractivity contribution >= 4 is 59.1 Å². The van der Waals surface area contributed by atoms with Crippen LogP contribution >= 0.6 is 0 Å². The summed E-state index contributed by atoms with van der Waals surface area (Å²) in [6.07, 6.45) is -5.22. The molecule has 1 aromatic rings. The number of Topliss-reactive ketones (excluding diaryl/α,β-unsaturated/α-hetero) is 1. The summed E-state index contributed by atoms with van der Waals surface area (Å²) < 4.78 is 11.7. The number of cyclic esters (lactones) is 2. The molecule has 0 saturated carbocycles. The van der Waals surface area contributed by atoms with Gasteiger partial charge < -0.3 is 60.8 Å². The van der Waals surface area contributed by atoms with Crippen LogP contribution in [0.5, 0.6) is 5.75 Å². The lowest BCUT2D eigenvalue weighted by molar-refractivity contribution is -0.162. The third-order valence-electron chi connectivity index (χ3n) is 14.8. The Labute approximate surface area is 452 Å². The van der Waals surface area contributed by atoms with Gasteiger partial charge in [-0.3, -0.25) is 43.2 Å². The Kier molecular flexibility index (Phi) is 23.4. The number of phenolic OH excluding ortho intramolecular Hbond substituents is 1. The smallest absolute Gasteiger partial charge is 0.329 e. The van der Waals surface area contributed by atoms with Gasteiger partial charge in [-0.2, -0.15) is 0 Å². The Hall–Kier alpha value is -6.16. The Morgan fingerprint density at radius 1 is 0.818 bits per heavy atom.